The molecule has 1 unspecified atom stereocenters. The van der Waals surface area contributed by atoms with Gasteiger partial charge in [0, 0.05) is 30.8 Å². The number of aromatic amines is 1. The first kappa shape index (κ1) is 14.7. The van der Waals surface area contributed by atoms with E-state index in [0.29, 0.717) is 49.3 Å². The van der Waals surface area contributed by atoms with Crippen LogP contribution >= 0.6 is 0 Å². The van der Waals surface area contributed by atoms with Crippen LogP contribution < -0.4 is 14.8 Å². The molecule has 1 atom stereocenters. The summed E-state index contributed by atoms with van der Waals surface area (Å²) >= 11 is 0. The number of tetrazole rings is 1. The van der Waals surface area contributed by atoms with Crippen molar-refractivity contribution in [2.45, 2.75) is 18.8 Å². The summed E-state index contributed by atoms with van der Waals surface area (Å²) < 4.78 is 11.0. The van der Waals surface area contributed by atoms with Gasteiger partial charge in [0.15, 0.2) is 17.3 Å². The first-order valence-electron chi connectivity index (χ1n) is 7.98. The number of ether oxygens (including phenoxy) is 2. The Morgan fingerprint density at radius 1 is 1.29 bits per heavy atom. The lowest BCUT2D eigenvalue weighted by Gasteiger charge is -2.31. The standard InChI is InChI=1S/C15H18N6O3/c22-15(16-11-3-4-12-13(8-11)24-7-6-23-12)21-5-1-2-10(9-21)14-17-19-20-18-14/h3-4,8,10H,1-2,5-7,9H2,(H,16,22)(H,17,18,19,20). The highest BCUT2D eigenvalue weighted by Crippen LogP contribution is 2.33. The molecule has 1 saturated heterocycles. The lowest BCUT2D eigenvalue weighted by atomic mass is 9.98. The molecular formula is C15H18N6O3. The molecule has 1 fully saturated rings. The number of carbonyl (C=O) groups excluding carboxylic acids is 1. The van der Waals surface area contributed by atoms with Gasteiger partial charge in [-0.2, -0.15) is 5.21 Å². The first-order chi connectivity index (χ1) is 11.8. The molecule has 0 spiro atoms. The fourth-order valence-corrected chi connectivity index (χ4v) is 3.04. The van der Waals surface area contributed by atoms with E-state index in [2.05, 4.69) is 25.9 Å². The number of fused-ring (bicyclic) bond motifs is 1. The van der Waals surface area contributed by atoms with Crippen LogP contribution in [0, 0.1) is 0 Å². The number of rotatable bonds is 2. The number of piperidine rings is 1. The molecule has 2 amide bonds. The van der Waals surface area contributed by atoms with E-state index in [0.717, 1.165) is 12.8 Å². The highest BCUT2D eigenvalue weighted by molar-refractivity contribution is 5.89. The van der Waals surface area contributed by atoms with Gasteiger partial charge in [0.1, 0.15) is 13.2 Å². The SMILES string of the molecule is O=C(Nc1ccc2c(c1)OCCO2)N1CCCC(c2nn[nH]n2)C1. The van der Waals surface area contributed by atoms with Gasteiger partial charge in [0.2, 0.25) is 0 Å². The van der Waals surface area contributed by atoms with E-state index in [-0.39, 0.29) is 11.9 Å². The minimum Gasteiger partial charge on any atom is -0.486 e. The van der Waals surface area contributed by atoms with E-state index < -0.39 is 0 Å². The van der Waals surface area contributed by atoms with Gasteiger partial charge >= 0.3 is 6.03 Å². The van der Waals surface area contributed by atoms with Crippen molar-refractivity contribution in [1.29, 1.82) is 0 Å². The zero-order chi connectivity index (χ0) is 16.4. The van der Waals surface area contributed by atoms with Gasteiger partial charge in [-0.1, -0.05) is 5.21 Å². The Balaban J connectivity index is 1.42. The smallest absolute Gasteiger partial charge is 0.321 e. The Labute approximate surface area is 138 Å². The van der Waals surface area contributed by atoms with Crippen LogP contribution in [0.25, 0.3) is 0 Å². The highest BCUT2D eigenvalue weighted by atomic mass is 16.6. The maximum Gasteiger partial charge on any atom is 0.321 e. The molecule has 3 heterocycles. The molecule has 9 nitrogen and oxygen atoms in total. The number of amides is 2. The van der Waals surface area contributed by atoms with Crippen LogP contribution in [-0.4, -0.2) is 57.9 Å². The molecule has 1 aromatic carbocycles. The Bertz CT molecular complexity index is 720. The summed E-state index contributed by atoms with van der Waals surface area (Å²) in [6, 6.07) is 5.27. The number of H-pyrrole nitrogens is 1. The lowest BCUT2D eigenvalue weighted by molar-refractivity contribution is 0.171. The minimum atomic E-state index is -0.139. The Morgan fingerprint density at radius 2 is 2.17 bits per heavy atom. The molecule has 2 aliphatic heterocycles. The summed E-state index contributed by atoms with van der Waals surface area (Å²) in [5.41, 5.74) is 0.686. The minimum absolute atomic E-state index is 0.114. The average Bonchev–Trinajstić information content (AvgIpc) is 3.16. The van der Waals surface area contributed by atoms with Crippen LogP contribution in [0.3, 0.4) is 0 Å². The molecule has 0 aliphatic carbocycles. The largest absolute Gasteiger partial charge is 0.486 e. The van der Waals surface area contributed by atoms with E-state index in [4.69, 9.17) is 9.47 Å². The quantitative estimate of drug-likeness (QED) is 0.862. The van der Waals surface area contributed by atoms with Crippen LogP contribution in [0.5, 0.6) is 11.5 Å². The number of aromatic nitrogens is 4. The Morgan fingerprint density at radius 3 is 3.00 bits per heavy atom. The summed E-state index contributed by atoms with van der Waals surface area (Å²) in [5, 5.41) is 17.0. The number of nitrogens with one attached hydrogen (secondary N) is 2. The zero-order valence-corrected chi connectivity index (χ0v) is 13.1. The second kappa shape index (κ2) is 6.34. The summed E-state index contributed by atoms with van der Waals surface area (Å²) in [5.74, 6) is 2.13. The van der Waals surface area contributed by atoms with Crippen molar-refractivity contribution in [3.05, 3.63) is 24.0 Å². The fourth-order valence-electron chi connectivity index (χ4n) is 3.04. The number of carbonyl (C=O) groups is 1. The third kappa shape index (κ3) is 2.97. The van der Waals surface area contributed by atoms with Crippen LogP contribution in [0.4, 0.5) is 10.5 Å². The molecule has 2 aromatic rings. The number of hydrogen-bond donors (Lipinski definition) is 2. The van der Waals surface area contributed by atoms with Crippen LogP contribution in [-0.2, 0) is 0 Å². The van der Waals surface area contributed by atoms with Gasteiger partial charge in [-0.3, -0.25) is 0 Å². The van der Waals surface area contributed by atoms with Crippen LogP contribution in [0.1, 0.15) is 24.6 Å². The Hall–Kier alpha value is -2.84. The molecule has 2 N–H and O–H groups in total. The molecule has 1 aromatic heterocycles. The number of nitrogens with zero attached hydrogens (tertiary/aromatic N) is 4. The molecule has 24 heavy (non-hydrogen) atoms. The van der Waals surface area contributed by atoms with Crippen LogP contribution in [0.2, 0.25) is 0 Å². The van der Waals surface area contributed by atoms with E-state index in [1.54, 1.807) is 11.0 Å². The molecule has 0 bridgehead atoms. The monoisotopic (exact) mass is 330 g/mol. The van der Waals surface area contributed by atoms with Crippen molar-refractivity contribution in [2.75, 3.05) is 31.6 Å². The van der Waals surface area contributed by atoms with Gasteiger partial charge in [-0.05, 0) is 25.0 Å². The van der Waals surface area contributed by atoms with Crippen molar-refractivity contribution in [2.24, 2.45) is 0 Å². The van der Waals surface area contributed by atoms with Crippen molar-refractivity contribution < 1.29 is 14.3 Å². The zero-order valence-electron chi connectivity index (χ0n) is 13.1. The van der Waals surface area contributed by atoms with Gasteiger partial charge < -0.3 is 19.7 Å². The van der Waals surface area contributed by atoms with Gasteiger partial charge in [-0.25, -0.2) is 4.79 Å². The topological polar surface area (TPSA) is 105 Å². The van der Waals surface area contributed by atoms with Crippen molar-refractivity contribution >= 4 is 11.7 Å². The number of benzene rings is 1. The second-order valence-corrected chi connectivity index (χ2v) is 5.84. The van der Waals surface area contributed by atoms with Crippen LogP contribution in [0.15, 0.2) is 18.2 Å². The predicted octanol–water partition coefficient (Wildman–Crippen LogP) is 1.38. The van der Waals surface area contributed by atoms with E-state index in [9.17, 15) is 4.79 Å². The number of urea groups is 1. The maximum absolute atomic E-state index is 12.5. The summed E-state index contributed by atoms with van der Waals surface area (Å²) in [6.07, 6.45) is 1.86. The van der Waals surface area contributed by atoms with Crippen molar-refractivity contribution in [1.82, 2.24) is 25.5 Å². The van der Waals surface area contributed by atoms with Gasteiger partial charge in [0.25, 0.3) is 0 Å². The third-order valence-corrected chi connectivity index (χ3v) is 4.23. The van der Waals surface area contributed by atoms with Gasteiger partial charge in [-0.15, -0.1) is 10.2 Å². The molecule has 0 radical (unpaired) electrons. The number of likely N-dealkylation sites (tertiary alicyclic amines) is 1. The molecule has 9 heteroatoms. The van der Waals surface area contributed by atoms with Crippen molar-refractivity contribution in [3.8, 4) is 11.5 Å². The predicted molar refractivity (Wildman–Crippen MR) is 84.2 cm³/mol. The average molecular weight is 330 g/mol. The van der Waals surface area contributed by atoms with E-state index in [1.165, 1.54) is 0 Å². The number of anilines is 1. The second-order valence-electron chi connectivity index (χ2n) is 5.84. The molecular weight excluding hydrogens is 312 g/mol. The number of hydrogen-bond acceptors (Lipinski definition) is 6. The first-order valence-corrected chi connectivity index (χ1v) is 7.98. The fraction of sp³-hybridized carbons (Fsp3) is 0.467. The summed E-state index contributed by atoms with van der Waals surface area (Å²) in [4.78, 5) is 14.3. The lowest BCUT2D eigenvalue weighted by Crippen LogP contribution is -2.41. The highest BCUT2D eigenvalue weighted by Gasteiger charge is 2.27. The molecule has 4 rings (SSSR count). The Kier molecular flexibility index (Phi) is 3.89. The molecule has 0 saturated carbocycles. The van der Waals surface area contributed by atoms with E-state index in [1.807, 2.05) is 12.1 Å². The normalized spacial score (nSPS) is 19.8. The maximum atomic E-state index is 12.5. The van der Waals surface area contributed by atoms with Crippen molar-refractivity contribution in [3.63, 3.8) is 0 Å². The van der Waals surface area contributed by atoms with Gasteiger partial charge in [0.05, 0.1) is 0 Å². The van der Waals surface area contributed by atoms with E-state index >= 15 is 0 Å². The molecule has 2 aliphatic rings. The third-order valence-electron chi connectivity index (χ3n) is 4.23. The summed E-state index contributed by atoms with van der Waals surface area (Å²) in [6.45, 7) is 2.35. The molecule has 126 valence electrons. The summed E-state index contributed by atoms with van der Waals surface area (Å²) in [7, 11) is 0.